The smallest absolute Gasteiger partial charge is 0.184 e. The molecule has 0 aromatic heterocycles. The van der Waals surface area contributed by atoms with Crippen molar-refractivity contribution >= 4 is 5.69 Å². The molecule has 1 aliphatic heterocycles. The second-order valence-electron chi connectivity index (χ2n) is 5.19. The SMILES string of the molecule is CN(C)c1ccc(C2OCC(c3ccccc3)O2)cc1. The van der Waals surface area contributed by atoms with E-state index in [9.17, 15) is 0 Å². The lowest BCUT2D eigenvalue weighted by Crippen LogP contribution is -2.08. The van der Waals surface area contributed by atoms with Gasteiger partial charge in [-0.15, -0.1) is 0 Å². The molecular formula is C17H19NO2. The standard InChI is InChI=1S/C17H19NO2/c1-18(2)15-10-8-14(9-11-15)17-19-12-16(20-17)13-6-4-3-5-7-13/h3-11,16-17H,12H2,1-2H3. The first kappa shape index (κ1) is 13.2. The van der Waals surface area contributed by atoms with E-state index in [0.29, 0.717) is 6.61 Å². The van der Waals surface area contributed by atoms with Gasteiger partial charge in [-0.2, -0.15) is 0 Å². The van der Waals surface area contributed by atoms with E-state index in [-0.39, 0.29) is 12.4 Å². The van der Waals surface area contributed by atoms with Gasteiger partial charge in [0.25, 0.3) is 0 Å². The van der Waals surface area contributed by atoms with Gasteiger partial charge in [-0.1, -0.05) is 42.5 Å². The molecule has 3 nitrogen and oxygen atoms in total. The van der Waals surface area contributed by atoms with Crippen molar-refractivity contribution in [1.29, 1.82) is 0 Å². The molecule has 0 N–H and O–H groups in total. The third kappa shape index (κ3) is 2.69. The third-order valence-electron chi connectivity index (χ3n) is 3.54. The zero-order chi connectivity index (χ0) is 13.9. The number of nitrogens with zero attached hydrogens (tertiary/aromatic N) is 1. The molecule has 2 unspecified atom stereocenters. The Hall–Kier alpha value is -1.84. The van der Waals surface area contributed by atoms with Gasteiger partial charge in [0.05, 0.1) is 6.61 Å². The van der Waals surface area contributed by atoms with Gasteiger partial charge in [0.15, 0.2) is 6.29 Å². The van der Waals surface area contributed by atoms with E-state index < -0.39 is 0 Å². The lowest BCUT2D eigenvalue weighted by Gasteiger charge is -2.15. The van der Waals surface area contributed by atoms with E-state index in [1.807, 2.05) is 32.3 Å². The summed E-state index contributed by atoms with van der Waals surface area (Å²) in [4.78, 5) is 2.08. The van der Waals surface area contributed by atoms with Gasteiger partial charge in [0.2, 0.25) is 0 Å². The predicted octanol–water partition coefficient (Wildman–Crippen LogP) is 3.54. The molecule has 2 aromatic carbocycles. The van der Waals surface area contributed by atoms with Crippen molar-refractivity contribution < 1.29 is 9.47 Å². The van der Waals surface area contributed by atoms with E-state index in [4.69, 9.17) is 9.47 Å². The number of hydrogen-bond donors (Lipinski definition) is 0. The molecule has 3 heteroatoms. The summed E-state index contributed by atoms with van der Waals surface area (Å²) in [6.45, 7) is 0.601. The predicted molar refractivity (Wildman–Crippen MR) is 79.7 cm³/mol. The topological polar surface area (TPSA) is 21.7 Å². The molecule has 2 aromatic rings. The summed E-state index contributed by atoms with van der Waals surface area (Å²) in [5, 5.41) is 0. The normalized spacial score (nSPS) is 21.9. The van der Waals surface area contributed by atoms with Crippen LogP contribution in [0.15, 0.2) is 54.6 Å². The Kier molecular flexibility index (Phi) is 3.72. The van der Waals surface area contributed by atoms with E-state index in [1.165, 1.54) is 11.3 Å². The van der Waals surface area contributed by atoms with Crippen molar-refractivity contribution in [1.82, 2.24) is 0 Å². The van der Waals surface area contributed by atoms with Crippen LogP contribution in [0.25, 0.3) is 0 Å². The first-order valence-corrected chi connectivity index (χ1v) is 6.83. The molecule has 0 saturated carbocycles. The van der Waals surface area contributed by atoms with Gasteiger partial charge in [-0.25, -0.2) is 0 Å². The Morgan fingerprint density at radius 1 is 0.900 bits per heavy atom. The number of ether oxygens (including phenoxy) is 2. The third-order valence-corrected chi connectivity index (χ3v) is 3.54. The van der Waals surface area contributed by atoms with Crippen LogP contribution in [0.3, 0.4) is 0 Å². The van der Waals surface area contributed by atoms with Crippen LogP contribution in [-0.2, 0) is 9.47 Å². The Balaban J connectivity index is 1.71. The average Bonchev–Trinajstić information content (AvgIpc) is 2.98. The summed E-state index contributed by atoms with van der Waals surface area (Å²) >= 11 is 0. The maximum Gasteiger partial charge on any atom is 0.184 e. The Morgan fingerprint density at radius 2 is 1.60 bits per heavy atom. The van der Waals surface area contributed by atoms with Crippen LogP contribution in [0, 0.1) is 0 Å². The maximum absolute atomic E-state index is 6.00. The maximum atomic E-state index is 6.00. The Morgan fingerprint density at radius 3 is 2.25 bits per heavy atom. The van der Waals surface area contributed by atoms with Crippen LogP contribution >= 0.6 is 0 Å². The van der Waals surface area contributed by atoms with Crippen LogP contribution in [0.5, 0.6) is 0 Å². The fourth-order valence-corrected chi connectivity index (χ4v) is 2.35. The van der Waals surface area contributed by atoms with Gasteiger partial charge >= 0.3 is 0 Å². The number of anilines is 1. The molecule has 0 radical (unpaired) electrons. The van der Waals surface area contributed by atoms with E-state index in [1.54, 1.807) is 0 Å². The quantitative estimate of drug-likeness (QED) is 0.850. The van der Waals surface area contributed by atoms with E-state index in [0.717, 1.165) is 5.56 Å². The molecule has 2 atom stereocenters. The summed E-state index contributed by atoms with van der Waals surface area (Å²) in [6.07, 6.45) is -0.244. The molecule has 104 valence electrons. The molecule has 20 heavy (non-hydrogen) atoms. The molecule has 3 rings (SSSR count). The fraction of sp³-hybridized carbons (Fsp3) is 0.294. The van der Waals surface area contributed by atoms with Gasteiger partial charge in [0.1, 0.15) is 6.10 Å². The summed E-state index contributed by atoms with van der Waals surface area (Å²) in [5.74, 6) is 0. The van der Waals surface area contributed by atoms with Gasteiger partial charge in [-0.05, 0) is 17.7 Å². The lowest BCUT2D eigenvalue weighted by atomic mass is 10.1. The molecule has 1 aliphatic rings. The summed E-state index contributed by atoms with van der Waals surface area (Å²) in [5.41, 5.74) is 3.40. The number of hydrogen-bond acceptors (Lipinski definition) is 3. The van der Waals surface area contributed by atoms with Crippen LogP contribution < -0.4 is 4.90 Å². The molecular weight excluding hydrogens is 250 g/mol. The fourth-order valence-electron chi connectivity index (χ4n) is 2.35. The zero-order valence-electron chi connectivity index (χ0n) is 11.8. The summed E-state index contributed by atoms with van der Waals surface area (Å²) < 4.78 is 11.8. The van der Waals surface area contributed by atoms with Gasteiger partial charge in [0, 0.05) is 25.3 Å². The average molecular weight is 269 g/mol. The molecule has 0 spiro atoms. The zero-order valence-corrected chi connectivity index (χ0v) is 11.8. The second-order valence-corrected chi connectivity index (χ2v) is 5.19. The molecule has 1 heterocycles. The van der Waals surface area contributed by atoms with Crippen molar-refractivity contribution in [2.45, 2.75) is 12.4 Å². The first-order valence-electron chi connectivity index (χ1n) is 6.83. The van der Waals surface area contributed by atoms with Crippen molar-refractivity contribution in [3.63, 3.8) is 0 Å². The minimum absolute atomic E-state index is 0.0229. The highest BCUT2D eigenvalue weighted by atomic mass is 16.7. The number of rotatable bonds is 3. The van der Waals surface area contributed by atoms with Crippen molar-refractivity contribution in [2.24, 2.45) is 0 Å². The van der Waals surface area contributed by atoms with E-state index in [2.05, 4.69) is 41.3 Å². The van der Waals surface area contributed by atoms with Crippen molar-refractivity contribution in [3.8, 4) is 0 Å². The Bertz CT molecular complexity index is 551. The minimum Gasteiger partial charge on any atom is -0.378 e. The number of benzene rings is 2. The van der Waals surface area contributed by atoms with Crippen LogP contribution in [-0.4, -0.2) is 20.7 Å². The van der Waals surface area contributed by atoms with Crippen LogP contribution in [0.2, 0.25) is 0 Å². The summed E-state index contributed by atoms with van der Waals surface area (Å²) in [7, 11) is 4.06. The highest BCUT2D eigenvalue weighted by Gasteiger charge is 2.28. The van der Waals surface area contributed by atoms with E-state index >= 15 is 0 Å². The second kappa shape index (κ2) is 5.65. The van der Waals surface area contributed by atoms with Crippen LogP contribution in [0.4, 0.5) is 5.69 Å². The minimum atomic E-state index is -0.267. The molecule has 1 saturated heterocycles. The van der Waals surface area contributed by atoms with Crippen molar-refractivity contribution in [3.05, 3.63) is 65.7 Å². The molecule has 0 amide bonds. The Labute approximate surface area is 119 Å². The highest BCUT2D eigenvalue weighted by molar-refractivity contribution is 5.46. The van der Waals surface area contributed by atoms with Gasteiger partial charge < -0.3 is 14.4 Å². The van der Waals surface area contributed by atoms with Crippen LogP contribution in [0.1, 0.15) is 23.5 Å². The molecule has 1 fully saturated rings. The molecule has 0 bridgehead atoms. The highest BCUT2D eigenvalue weighted by Crippen LogP contribution is 2.35. The molecule has 0 aliphatic carbocycles. The summed E-state index contributed by atoms with van der Waals surface area (Å²) in [6, 6.07) is 18.5. The first-order chi connectivity index (χ1) is 9.74. The monoisotopic (exact) mass is 269 g/mol. The lowest BCUT2D eigenvalue weighted by molar-refractivity contribution is -0.0607. The van der Waals surface area contributed by atoms with Gasteiger partial charge in [-0.3, -0.25) is 0 Å². The van der Waals surface area contributed by atoms with Crippen molar-refractivity contribution in [2.75, 3.05) is 25.6 Å². The largest absolute Gasteiger partial charge is 0.378 e.